The summed E-state index contributed by atoms with van der Waals surface area (Å²) in [6, 6.07) is 8.22. The van der Waals surface area contributed by atoms with Crippen LogP contribution in [0.25, 0.3) is 0 Å². The second-order valence-electron chi connectivity index (χ2n) is 8.73. The van der Waals surface area contributed by atoms with Crippen LogP contribution in [0.5, 0.6) is 5.75 Å². The van der Waals surface area contributed by atoms with E-state index in [1.807, 2.05) is 6.92 Å². The Morgan fingerprint density at radius 1 is 1.31 bits per heavy atom. The molecular weight excluding hydrogens is 483 g/mol. The Morgan fingerprint density at radius 2 is 2.09 bits per heavy atom. The molecule has 2 aromatic heterocycles. The van der Waals surface area contributed by atoms with Crippen molar-refractivity contribution < 1.29 is 27.8 Å². The van der Waals surface area contributed by atoms with E-state index in [1.54, 1.807) is 12.1 Å². The number of H-pyrrole nitrogens is 1. The third-order valence-corrected chi connectivity index (χ3v) is 6.67. The van der Waals surface area contributed by atoms with Crippen molar-refractivity contribution in [3.63, 3.8) is 0 Å². The number of hydrogen-bond acceptors (Lipinski definition) is 7. The largest absolute Gasteiger partial charge is 0.573 e. The number of hydrogen-bond donors (Lipinski definition) is 3. The first-order chi connectivity index (χ1) is 16.7. The number of alkyl halides is 3. The third-order valence-electron chi connectivity index (χ3n) is 6.08. The van der Waals surface area contributed by atoms with E-state index in [-0.39, 0.29) is 11.4 Å². The number of aromatic carboxylic acids is 1. The lowest BCUT2D eigenvalue weighted by molar-refractivity contribution is -0.274. The summed E-state index contributed by atoms with van der Waals surface area (Å²) in [4.78, 5) is 16.0. The number of nitrogens with one attached hydrogen (secondary N) is 2. The summed E-state index contributed by atoms with van der Waals surface area (Å²) in [5, 5.41) is 20.4. The number of carbonyl (C=O) groups is 1. The molecule has 0 bridgehead atoms. The van der Waals surface area contributed by atoms with Gasteiger partial charge in [-0.3, -0.25) is 10.00 Å². The van der Waals surface area contributed by atoms with Crippen molar-refractivity contribution in [2.45, 2.75) is 26.4 Å². The molecule has 1 saturated heterocycles. The molecule has 1 aromatic carbocycles. The molecule has 188 valence electrons. The van der Waals surface area contributed by atoms with Gasteiger partial charge >= 0.3 is 12.3 Å². The van der Waals surface area contributed by atoms with Crippen molar-refractivity contribution in [1.82, 2.24) is 25.4 Å². The molecule has 3 heterocycles. The minimum atomic E-state index is -4.65. The Hall–Kier alpha value is -2.96. The summed E-state index contributed by atoms with van der Waals surface area (Å²) in [5.41, 5.74) is 4.57. The Balaban J connectivity index is 0.000000308. The summed E-state index contributed by atoms with van der Waals surface area (Å²) in [5.74, 6) is 0.965. The SMILES string of the molecule is Cc1cc(CN2CC3C(CNCc4cccc(OC(F)(F)F)c4)C3C2)n[nH]1.O=C(O)c1cscn1. The molecule has 5 rings (SSSR count). The molecule has 1 saturated carbocycles. The number of benzene rings is 1. The molecular formula is C23H26F3N5O3S. The fourth-order valence-electron chi connectivity index (χ4n) is 4.51. The van der Waals surface area contributed by atoms with Gasteiger partial charge in [-0.15, -0.1) is 24.5 Å². The first kappa shape index (κ1) is 25.1. The van der Waals surface area contributed by atoms with Gasteiger partial charge in [-0.25, -0.2) is 9.78 Å². The summed E-state index contributed by atoms with van der Waals surface area (Å²) in [6.45, 7) is 6.53. The zero-order valence-electron chi connectivity index (χ0n) is 19.0. The van der Waals surface area contributed by atoms with Gasteiger partial charge in [-0.2, -0.15) is 5.10 Å². The number of ether oxygens (including phenoxy) is 1. The van der Waals surface area contributed by atoms with Crippen molar-refractivity contribution in [3.05, 3.63) is 63.9 Å². The van der Waals surface area contributed by atoms with Crippen LogP contribution in [0.1, 0.15) is 27.4 Å². The van der Waals surface area contributed by atoms with Crippen molar-refractivity contribution in [2.24, 2.45) is 17.8 Å². The molecule has 1 aliphatic heterocycles. The zero-order valence-corrected chi connectivity index (χ0v) is 19.8. The number of thiazole rings is 1. The zero-order chi connectivity index (χ0) is 25.0. The molecule has 2 unspecified atom stereocenters. The topological polar surface area (TPSA) is 103 Å². The van der Waals surface area contributed by atoms with Crippen LogP contribution in [-0.4, -0.2) is 57.2 Å². The quantitative estimate of drug-likeness (QED) is 0.423. The lowest BCUT2D eigenvalue weighted by Crippen LogP contribution is -2.27. The number of aromatic nitrogens is 3. The van der Waals surface area contributed by atoms with E-state index in [9.17, 15) is 18.0 Å². The van der Waals surface area contributed by atoms with E-state index in [4.69, 9.17) is 5.11 Å². The molecule has 0 spiro atoms. The highest BCUT2D eigenvalue weighted by atomic mass is 32.1. The van der Waals surface area contributed by atoms with E-state index < -0.39 is 12.3 Å². The third kappa shape index (κ3) is 7.26. The van der Waals surface area contributed by atoms with Gasteiger partial charge < -0.3 is 15.2 Å². The molecule has 1 aliphatic carbocycles. The van der Waals surface area contributed by atoms with Crippen LogP contribution in [0.3, 0.4) is 0 Å². The Morgan fingerprint density at radius 3 is 2.66 bits per heavy atom. The molecule has 35 heavy (non-hydrogen) atoms. The van der Waals surface area contributed by atoms with Gasteiger partial charge in [-0.1, -0.05) is 12.1 Å². The number of likely N-dealkylation sites (tertiary alicyclic amines) is 1. The van der Waals surface area contributed by atoms with Crippen molar-refractivity contribution in [3.8, 4) is 5.75 Å². The molecule has 2 atom stereocenters. The second kappa shape index (κ2) is 10.8. The number of aryl methyl sites for hydroxylation is 1. The second-order valence-corrected chi connectivity index (χ2v) is 9.45. The van der Waals surface area contributed by atoms with Crippen molar-refractivity contribution in [1.29, 1.82) is 0 Å². The number of rotatable bonds is 8. The maximum absolute atomic E-state index is 12.3. The van der Waals surface area contributed by atoms with E-state index in [0.717, 1.165) is 55.0 Å². The molecule has 2 fully saturated rings. The highest BCUT2D eigenvalue weighted by Gasteiger charge is 2.54. The van der Waals surface area contributed by atoms with Crippen molar-refractivity contribution in [2.75, 3.05) is 19.6 Å². The van der Waals surface area contributed by atoms with Gasteiger partial charge in [-0.05, 0) is 55.0 Å². The Labute approximate surface area is 204 Å². The van der Waals surface area contributed by atoms with Gasteiger partial charge in [0.2, 0.25) is 0 Å². The van der Waals surface area contributed by atoms with E-state index >= 15 is 0 Å². The van der Waals surface area contributed by atoms with Crippen LogP contribution in [0.15, 0.2) is 41.2 Å². The summed E-state index contributed by atoms with van der Waals surface area (Å²) in [6.07, 6.45) is -4.65. The lowest BCUT2D eigenvalue weighted by atomic mass is 10.2. The molecule has 0 radical (unpaired) electrons. The van der Waals surface area contributed by atoms with Crippen molar-refractivity contribution >= 4 is 17.3 Å². The molecule has 0 amide bonds. The predicted octanol–water partition coefficient (Wildman–Crippen LogP) is 3.93. The standard InChI is InChI=1S/C19H23F3N4O.C4H3NO2S/c1-12-5-14(25-24-12)9-26-10-17-16(18(17)11-26)8-23-7-13-3-2-4-15(6-13)27-19(20,21)22;6-4(7)3-1-8-2-5-3/h2-6,16-18,23H,7-11H2,1H3,(H,24,25);1-2H,(H,6,7). The summed E-state index contributed by atoms with van der Waals surface area (Å²) >= 11 is 1.28. The van der Waals surface area contributed by atoms with Crippen LogP contribution in [-0.2, 0) is 13.1 Å². The molecule has 3 N–H and O–H groups in total. The first-order valence-corrected chi connectivity index (χ1v) is 12.0. The monoisotopic (exact) mass is 509 g/mol. The van der Waals surface area contributed by atoms with E-state index in [0.29, 0.717) is 12.5 Å². The number of piperidine rings is 1. The number of halogens is 3. The molecule has 2 aliphatic rings. The van der Waals surface area contributed by atoms with Gasteiger partial charge in [0.1, 0.15) is 5.75 Å². The highest BCUT2D eigenvalue weighted by molar-refractivity contribution is 7.07. The first-order valence-electron chi connectivity index (χ1n) is 11.1. The normalized spacial score (nSPS) is 21.2. The van der Waals surface area contributed by atoms with Crippen LogP contribution in [0.2, 0.25) is 0 Å². The van der Waals surface area contributed by atoms with Crippen LogP contribution in [0.4, 0.5) is 13.2 Å². The Kier molecular flexibility index (Phi) is 7.72. The van der Waals surface area contributed by atoms with Gasteiger partial charge in [0.15, 0.2) is 5.69 Å². The average Bonchev–Trinajstić information content (AvgIpc) is 3.29. The van der Waals surface area contributed by atoms with Crippen LogP contribution in [0, 0.1) is 24.7 Å². The van der Waals surface area contributed by atoms with E-state index in [2.05, 4.69) is 36.2 Å². The van der Waals surface area contributed by atoms with Gasteiger partial charge in [0, 0.05) is 37.3 Å². The van der Waals surface area contributed by atoms with Crippen LogP contribution < -0.4 is 10.1 Å². The maximum Gasteiger partial charge on any atom is 0.573 e. The molecule has 8 nitrogen and oxygen atoms in total. The number of fused-ring (bicyclic) bond motifs is 1. The molecule has 12 heteroatoms. The highest BCUT2D eigenvalue weighted by Crippen LogP contribution is 2.51. The number of carboxylic acid groups (broad SMARTS) is 1. The maximum atomic E-state index is 12.3. The summed E-state index contributed by atoms with van der Waals surface area (Å²) in [7, 11) is 0. The minimum absolute atomic E-state index is 0.120. The average molecular weight is 510 g/mol. The number of nitrogens with zero attached hydrogens (tertiary/aromatic N) is 3. The van der Waals surface area contributed by atoms with E-state index in [1.165, 1.54) is 34.4 Å². The summed E-state index contributed by atoms with van der Waals surface area (Å²) < 4.78 is 40.8. The van der Waals surface area contributed by atoms with Crippen LogP contribution >= 0.6 is 11.3 Å². The fraction of sp³-hybridized carbons (Fsp3) is 0.435. The van der Waals surface area contributed by atoms with Gasteiger partial charge in [0.25, 0.3) is 0 Å². The smallest absolute Gasteiger partial charge is 0.476 e. The fourth-order valence-corrected chi connectivity index (χ4v) is 5.03. The lowest BCUT2D eigenvalue weighted by Gasteiger charge is -2.18. The Bertz CT molecular complexity index is 1110. The van der Waals surface area contributed by atoms with Gasteiger partial charge in [0.05, 0.1) is 11.2 Å². The molecule has 3 aromatic rings. The predicted molar refractivity (Wildman–Crippen MR) is 123 cm³/mol. The number of carboxylic acids is 1. The minimum Gasteiger partial charge on any atom is -0.476 e. The number of aromatic amines is 1.